The summed E-state index contributed by atoms with van der Waals surface area (Å²) in [5.41, 5.74) is 0. The summed E-state index contributed by atoms with van der Waals surface area (Å²) in [7, 11) is -3.81. The van der Waals surface area contributed by atoms with E-state index in [-0.39, 0.29) is 4.90 Å². The quantitative estimate of drug-likeness (QED) is 0.601. The van der Waals surface area contributed by atoms with E-state index in [0.717, 1.165) is 43.0 Å². The van der Waals surface area contributed by atoms with E-state index in [0.29, 0.717) is 24.2 Å². The molecule has 1 saturated heterocycles. The van der Waals surface area contributed by atoms with Crippen LogP contribution in [0.15, 0.2) is 41.3 Å². The first kappa shape index (κ1) is 23.0. The summed E-state index contributed by atoms with van der Waals surface area (Å²) in [6.45, 7) is 4.16. The zero-order valence-electron chi connectivity index (χ0n) is 17.2. The van der Waals surface area contributed by atoms with Crippen molar-refractivity contribution in [3.8, 4) is 0 Å². The molecule has 1 fully saturated rings. The first-order chi connectivity index (χ1) is 14.3. The van der Waals surface area contributed by atoms with Gasteiger partial charge in [-0.2, -0.15) is 0 Å². The van der Waals surface area contributed by atoms with Crippen molar-refractivity contribution in [1.29, 1.82) is 0 Å². The van der Waals surface area contributed by atoms with Gasteiger partial charge in [-0.1, -0.05) is 37.1 Å². The Labute approximate surface area is 183 Å². The van der Waals surface area contributed by atoms with Gasteiger partial charge in [-0.3, -0.25) is 4.79 Å². The van der Waals surface area contributed by atoms with E-state index in [4.69, 9.17) is 11.6 Å². The Morgan fingerprint density at radius 1 is 1.20 bits per heavy atom. The highest BCUT2D eigenvalue weighted by Crippen LogP contribution is 2.24. The molecule has 0 saturated carbocycles. The Hall–Kier alpha value is -1.67. The minimum Gasteiger partial charge on any atom is -0.382 e. The number of carbonyl (C=O) groups is 1. The van der Waals surface area contributed by atoms with E-state index in [1.165, 1.54) is 6.07 Å². The molecule has 8 heteroatoms. The average molecular weight is 453 g/mol. The number of unbranched alkanes of at least 4 members (excludes halogenated alkanes) is 1. The predicted octanol–water partition coefficient (Wildman–Crippen LogP) is 3.01. The summed E-state index contributed by atoms with van der Waals surface area (Å²) in [6, 6.07) is 10.3. The summed E-state index contributed by atoms with van der Waals surface area (Å²) in [6.07, 6.45) is 2.30. The maximum Gasteiger partial charge on any atom is 0.252 e. The summed E-state index contributed by atoms with van der Waals surface area (Å²) >= 11 is 5.97. The van der Waals surface area contributed by atoms with Gasteiger partial charge < -0.3 is 15.3 Å². The molecule has 0 spiro atoms. The van der Waals surface area contributed by atoms with Crippen LogP contribution in [0.4, 0.5) is 0 Å². The normalized spacial score (nSPS) is 16.7. The van der Waals surface area contributed by atoms with E-state index in [2.05, 4.69) is 12.2 Å². The van der Waals surface area contributed by atoms with E-state index >= 15 is 0 Å². The van der Waals surface area contributed by atoms with Crippen LogP contribution in [-0.4, -0.2) is 61.9 Å². The molecule has 0 aromatic heterocycles. The van der Waals surface area contributed by atoms with Crippen LogP contribution in [0.25, 0.3) is 10.8 Å². The second kappa shape index (κ2) is 10.1. The molecular formula is C22H29ClN2O4S. The molecule has 2 N–H and O–H groups in total. The van der Waals surface area contributed by atoms with E-state index in [9.17, 15) is 18.3 Å². The van der Waals surface area contributed by atoms with Gasteiger partial charge >= 0.3 is 0 Å². The molecule has 2 aromatic rings. The van der Waals surface area contributed by atoms with Gasteiger partial charge in [0.05, 0.1) is 10.6 Å². The number of amides is 1. The first-order valence-electron chi connectivity index (χ1n) is 10.4. The number of nitrogens with one attached hydrogen (secondary N) is 1. The molecule has 1 atom stereocenters. The fraction of sp³-hybridized carbons (Fsp3) is 0.500. The van der Waals surface area contributed by atoms with Crippen LogP contribution in [0.3, 0.4) is 0 Å². The Kier molecular flexibility index (Phi) is 7.74. The van der Waals surface area contributed by atoms with Crippen molar-refractivity contribution in [2.45, 2.75) is 49.6 Å². The van der Waals surface area contributed by atoms with Gasteiger partial charge in [0.1, 0.15) is 6.10 Å². The monoisotopic (exact) mass is 452 g/mol. The number of nitrogens with zero attached hydrogens (tertiary/aromatic N) is 1. The van der Waals surface area contributed by atoms with Gasteiger partial charge in [0.25, 0.3) is 5.91 Å². The van der Waals surface area contributed by atoms with E-state index in [1.54, 1.807) is 35.2 Å². The number of rotatable bonds is 8. The van der Waals surface area contributed by atoms with E-state index < -0.39 is 27.6 Å². The third kappa shape index (κ3) is 5.72. The SMILES string of the molecule is CCCCNC1CCN(C(=O)[C@H](O)CS(=O)(=O)c2ccc3cc(Cl)ccc3c2)CC1. The minimum absolute atomic E-state index is 0.0861. The second-order valence-corrected chi connectivity index (χ2v) is 10.3. The maximum atomic E-state index is 12.8. The van der Waals surface area contributed by atoms with Gasteiger partial charge in [0, 0.05) is 24.2 Å². The molecule has 1 aliphatic heterocycles. The molecule has 1 heterocycles. The number of carbonyl (C=O) groups excluding carboxylic acids is 1. The number of aliphatic hydroxyl groups excluding tert-OH is 1. The third-order valence-electron chi connectivity index (χ3n) is 5.57. The van der Waals surface area contributed by atoms with Crippen molar-refractivity contribution < 1.29 is 18.3 Å². The highest BCUT2D eigenvalue weighted by atomic mass is 35.5. The molecule has 1 aliphatic rings. The van der Waals surface area contributed by atoms with Crippen molar-refractivity contribution in [1.82, 2.24) is 10.2 Å². The molecule has 3 rings (SSSR count). The largest absolute Gasteiger partial charge is 0.382 e. The fourth-order valence-corrected chi connectivity index (χ4v) is 5.27. The molecule has 164 valence electrons. The molecule has 6 nitrogen and oxygen atoms in total. The fourth-order valence-electron chi connectivity index (χ4n) is 3.76. The lowest BCUT2D eigenvalue weighted by atomic mass is 10.0. The van der Waals surface area contributed by atoms with Crippen LogP contribution in [0, 0.1) is 0 Å². The van der Waals surface area contributed by atoms with Crippen LogP contribution in [0.2, 0.25) is 5.02 Å². The number of piperidine rings is 1. The highest BCUT2D eigenvalue weighted by Gasteiger charge is 2.30. The molecule has 0 aliphatic carbocycles. The number of hydrogen-bond acceptors (Lipinski definition) is 5. The topological polar surface area (TPSA) is 86.7 Å². The molecular weight excluding hydrogens is 424 g/mol. The number of halogens is 1. The molecule has 2 aromatic carbocycles. The Morgan fingerprint density at radius 3 is 2.57 bits per heavy atom. The van der Waals surface area contributed by atoms with Crippen molar-refractivity contribution >= 4 is 38.1 Å². The Bertz CT molecular complexity index is 988. The van der Waals surface area contributed by atoms with Gasteiger partial charge in [-0.15, -0.1) is 0 Å². The number of hydrogen-bond donors (Lipinski definition) is 2. The van der Waals surface area contributed by atoms with Crippen molar-refractivity contribution in [2.75, 3.05) is 25.4 Å². The highest BCUT2D eigenvalue weighted by molar-refractivity contribution is 7.91. The lowest BCUT2D eigenvalue weighted by Crippen LogP contribution is -2.49. The number of benzene rings is 2. The summed E-state index contributed by atoms with van der Waals surface area (Å²) in [5, 5.41) is 16.0. The molecule has 0 bridgehead atoms. The van der Waals surface area contributed by atoms with Crippen molar-refractivity contribution in [3.63, 3.8) is 0 Å². The maximum absolute atomic E-state index is 12.8. The number of fused-ring (bicyclic) bond motifs is 1. The second-order valence-electron chi connectivity index (χ2n) is 7.86. The summed E-state index contributed by atoms with van der Waals surface area (Å²) in [4.78, 5) is 14.3. The standard InChI is InChI=1S/C22H29ClN2O4S/c1-2-3-10-24-19-8-11-25(12-9-19)22(27)21(26)15-30(28,29)20-7-5-16-13-18(23)6-4-17(16)14-20/h4-7,13-14,19,21,24,26H,2-3,8-12,15H2,1H3/t21-/m1/s1. The zero-order valence-corrected chi connectivity index (χ0v) is 18.8. The van der Waals surface area contributed by atoms with Crippen molar-refractivity contribution in [2.24, 2.45) is 0 Å². The van der Waals surface area contributed by atoms with E-state index in [1.807, 2.05) is 0 Å². The Balaban J connectivity index is 1.60. The lowest BCUT2D eigenvalue weighted by molar-refractivity contribution is -0.140. The molecule has 0 radical (unpaired) electrons. The van der Waals surface area contributed by atoms with Crippen LogP contribution in [0.5, 0.6) is 0 Å². The number of likely N-dealkylation sites (tertiary alicyclic amines) is 1. The number of sulfone groups is 1. The van der Waals surface area contributed by atoms with Gasteiger partial charge in [-0.05, 0) is 60.8 Å². The molecule has 1 amide bonds. The van der Waals surface area contributed by atoms with Gasteiger partial charge in [0.15, 0.2) is 9.84 Å². The smallest absolute Gasteiger partial charge is 0.252 e. The predicted molar refractivity (Wildman–Crippen MR) is 120 cm³/mol. The lowest BCUT2D eigenvalue weighted by Gasteiger charge is -2.33. The van der Waals surface area contributed by atoms with Gasteiger partial charge in [-0.25, -0.2) is 8.42 Å². The third-order valence-corrected chi connectivity index (χ3v) is 7.53. The summed E-state index contributed by atoms with van der Waals surface area (Å²) < 4.78 is 25.5. The molecule has 30 heavy (non-hydrogen) atoms. The van der Waals surface area contributed by atoms with Crippen LogP contribution >= 0.6 is 11.6 Å². The zero-order chi connectivity index (χ0) is 21.7. The Morgan fingerprint density at radius 2 is 1.87 bits per heavy atom. The first-order valence-corrected chi connectivity index (χ1v) is 12.5. The average Bonchev–Trinajstić information content (AvgIpc) is 2.73. The van der Waals surface area contributed by atoms with Crippen LogP contribution in [-0.2, 0) is 14.6 Å². The summed E-state index contributed by atoms with van der Waals surface area (Å²) in [5.74, 6) is -1.14. The van der Waals surface area contributed by atoms with Crippen LogP contribution in [0.1, 0.15) is 32.6 Å². The van der Waals surface area contributed by atoms with Crippen LogP contribution < -0.4 is 5.32 Å². The minimum atomic E-state index is -3.81. The van der Waals surface area contributed by atoms with Crippen molar-refractivity contribution in [3.05, 3.63) is 41.4 Å². The number of aliphatic hydroxyl groups is 1. The molecule has 0 unspecified atom stereocenters. The van der Waals surface area contributed by atoms with Gasteiger partial charge in [0.2, 0.25) is 0 Å².